The van der Waals surface area contributed by atoms with E-state index in [0.717, 1.165) is 0 Å². The zero-order valence-corrected chi connectivity index (χ0v) is 19.2. The predicted octanol–water partition coefficient (Wildman–Crippen LogP) is 4.96. The third-order valence-corrected chi connectivity index (χ3v) is 6.26. The fourth-order valence-corrected chi connectivity index (χ4v) is 4.19. The molecular weight excluding hydrogens is 473 g/mol. The Hall–Kier alpha value is -3.07. The number of carbonyl (C=O) groups excluding carboxylic acids is 1. The van der Waals surface area contributed by atoms with Crippen molar-refractivity contribution in [1.82, 2.24) is 5.43 Å². The highest BCUT2D eigenvalue weighted by atomic mass is 35.5. The summed E-state index contributed by atoms with van der Waals surface area (Å²) in [5.41, 5.74) is 3.45. The molecule has 3 aromatic carbocycles. The number of hydrogen-bond donors (Lipinski definition) is 2. The Morgan fingerprint density at radius 2 is 1.62 bits per heavy atom. The van der Waals surface area contributed by atoms with Gasteiger partial charge in [0.25, 0.3) is 15.9 Å². The second-order valence-electron chi connectivity index (χ2n) is 6.42. The molecule has 0 aliphatic rings. The fourth-order valence-electron chi connectivity index (χ4n) is 2.64. The van der Waals surface area contributed by atoms with Crippen LogP contribution in [-0.2, 0) is 10.0 Å². The summed E-state index contributed by atoms with van der Waals surface area (Å²) in [5, 5.41) is 4.67. The topological polar surface area (TPSA) is 96.9 Å². The van der Waals surface area contributed by atoms with E-state index >= 15 is 0 Å². The van der Waals surface area contributed by atoms with Crippen molar-refractivity contribution in [2.75, 3.05) is 11.3 Å². The van der Waals surface area contributed by atoms with Crippen LogP contribution in [0.15, 0.2) is 76.7 Å². The number of nitrogens with one attached hydrogen (secondary N) is 2. The molecular formula is C22H19Cl2N3O4S. The molecule has 3 rings (SSSR count). The SMILES string of the molecule is CCOc1ccc(S(=O)(=O)Nc2ccc(C(=O)N/N=C/c3c(Cl)cccc3Cl)cc2)cc1. The quantitative estimate of drug-likeness (QED) is 0.343. The van der Waals surface area contributed by atoms with Crippen LogP contribution in [-0.4, -0.2) is 27.1 Å². The summed E-state index contributed by atoms with van der Waals surface area (Å²) in [5.74, 6) is 0.103. The first-order chi connectivity index (χ1) is 15.3. The molecule has 0 unspecified atom stereocenters. The monoisotopic (exact) mass is 491 g/mol. The lowest BCUT2D eigenvalue weighted by molar-refractivity contribution is 0.0955. The summed E-state index contributed by atoms with van der Waals surface area (Å²) >= 11 is 12.1. The van der Waals surface area contributed by atoms with Crippen molar-refractivity contribution in [1.29, 1.82) is 0 Å². The summed E-state index contributed by atoms with van der Waals surface area (Å²) < 4.78 is 32.9. The smallest absolute Gasteiger partial charge is 0.271 e. The van der Waals surface area contributed by atoms with Gasteiger partial charge >= 0.3 is 0 Å². The van der Waals surface area contributed by atoms with Crippen molar-refractivity contribution < 1.29 is 17.9 Å². The van der Waals surface area contributed by atoms with Crippen molar-refractivity contribution in [3.05, 3.63) is 87.9 Å². The molecule has 0 heterocycles. The van der Waals surface area contributed by atoms with E-state index in [2.05, 4.69) is 15.2 Å². The average Bonchev–Trinajstić information content (AvgIpc) is 2.76. The Kier molecular flexibility index (Phi) is 7.74. The van der Waals surface area contributed by atoms with Crippen LogP contribution in [0, 0.1) is 0 Å². The summed E-state index contributed by atoms with van der Waals surface area (Å²) in [4.78, 5) is 12.4. The summed E-state index contributed by atoms with van der Waals surface area (Å²) in [7, 11) is -3.79. The molecule has 0 saturated heterocycles. The van der Waals surface area contributed by atoms with Gasteiger partial charge in [-0.3, -0.25) is 9.52 Å². The molecule has 3 aromatic rings. The van der Waals surface area contributed by atoms with Gasteiger partial charge in [-0.05, 0) is 67.6 Å². The summed E-state index contributed by atoms with van der Waals surface area (Å²) in [6, 6.07) is 17.0. The van der Waals surface area contributed by atoms with E-state index < -0.39 is 15.9 Å². The number of carbonyl (C=O) groups is 1. The van der Waals surface area contributed by atoms with E-state index in [1.807, 2.05) is 6.92 Å². The van der Waals surface area contributed by atoms with Gasteiger partial charge < -0.3 is 4.74 Å². The largest absolute Gasteiger partial charge is 0.494 e. The minimum absolute atomic E-state index is 0.0929. The molecule has 0 spiro atoms. The number of amides is 1. The highest BCUT2D eigenvalue weighted by molar-refractivity contribution is 7.92. The number of benzene rings is 3. The number of ether oxygens (including phenoxy) is 1. The molecule has 10 heteroatoms. The van der Waals surface area contributed by atoms with Crippen LogP contribution in [0.3, 0.4) is 0 Å². The normalized spacial score (nSPS) is 11.3. The minimum atomic E-state index is -3.79. The number of sulfonamides is 1. The van der Waals surface area contributed by atoms with E-state index in [4.69, 9.17) is 27.9 Å². The molecule has 32 heavy (non-hydrogen) atoms. The lowest BCUT2D eigenvalue weighted by Gasteiger charge is -2.09. The second-order valence-corrected chi connectivity index (χ2v) is 8.92. The molecule has 1 amide bonds. The lowest BCUT2D eigenvalue weighted by atomic mass is 10.2. The predicted molar refractivity (Wildman–Crippen MR) is 126 cm³/mol. The molecule has 0 radical (unpaired) electrons. The molecule has 0 saturated carbocycles. The number of halogens is 2. The van der Waals surface area contributed by atoms with Gasteiger partial charge in [0.1, 0.15) is 5.75 Å². The number of anilines is 1. The molecule has 0 aliphatic carbocycles. The molecule has 0 fully saturated rings. The summed E-state index contributed by atoms with van der Waals surface area (Å²) in [6.07, 6.45) is 1.35. The van der Waals surface area contributed by atoms with Crippen molar-refractivity contribution in [2.24, 2.45) is 5.10 Å². The van der Waals surface area contributed by atoms with Crippen LogP contribution in [0.2, 0.25) is 10.0 Å². The first-order valence-electron chi connectivity index (χ1n) is 9.43. The van der Waals surface area contributed by atoms with Gasteiger partial charge in [-0.2, -0.15) is 5.10 Å². The maximum absolute atomic E-state index is 12.5. The Bertz CT molecular complexity index is 1210. The Morgan fingerprint density at radius 3 is 2.22 bits per heavy atom. The number of hydrogen-bond acceptors (Lipinski definition) is 5. The number of rotatable bonds is 8. The average molecular weight is 492 g/mol. The number of nitrogens with zero attached hydrogens (tertiary/aromatic N) is 1. The van der Waals surface area contributed by atoms with Crippen molar-refractivity contribution >= 4 is 51.0 Å². The number of hydrazone groups is 1. The van der Waals surface area contributed by atoms with E-state index in [0.29, 0.717) is 33.7 Å². The van der Waals surface area contributed by atoms with Gasteiger partial charge in [-0.1, -0.05) is 29.3 Å². The highest BCUT2D eigenvalue weighted by Crippen LogP contribution is 2.22. The summed E-state index contributed by atoms with van der Waals surface area (Å²) in [6.45, 7) is 2.33. The third-order valence-electron chi connectivity index (χ3n) is 4.20. The second kappa shape index (κ2) is 10.5. The molecule has 166 valence electrons. The maximum Gasteiger partial charge on any atom is 0.271 e. The third kappa shape index (κ3) is 6.00. The maximum atomic E-state index is 12.5. The van der Waals surface area contributed by atoms with Crippen LogP contribution >= 0.6 is 23.2 Å². The first kappa shape index (κ1) is 23.6. The van der Waals surface area contributed by atoms with Crippen molar-refractivity contribution in [3.8, 4) is 5.75 Å². The first-order valence-corrected chi connectivity index (χ1v) is 11.7. The molecule has 0 bridgehead atoms. The van der Waals surface area contributed by atoms with Gasteiger partial charge in [0.2, 0.25) is 0 Å². The van der Waals surface area contributed by atoms with Crippen molar-refractivity contribution in [2.45, 2.75) is 11.8 Å². The highest BCUT2D eigenvalue weighted by Gasteiger charge is 2.15. The lowest BCUT2D eigenvalue weighted by Crippen LogP contribution is -2.18. The fraction of sp³-hybridized carbons (Fsp3) is 0.0909. The molecule has 0 aromatic heterocycles. The van der Waals surface area contributed by atoms with Gasteiger partial charge in [0, 0.05) is 16.8 Å². The van der Waals surface area contributed by atoms with Crippen LogP contribution in [0.1, 0.15) is 22.8 Å². The zero-order valence-electron chi connectivity index (χ0n) is 16.9. The Labute approximate surface area is 196 Å². The molecule has 2 N–H and O–H groups in total. The zero-order chi connectivity index (χ0) is 23.1. The Morgan fingerprint density at radius 1 is 1.00 bits per heavy atom. The van der Waals surface area contributed by atoms with E-state index in [1.54, 1.807) is 30.3 Å². The van der Waals surface area contributed by atoms with E-state index in [-0.39, 0.29) is 10.5 Å². The molecule has 0 atom stereocenters. The van der Waals surface area contributed by atoms with Gasteiger partial charge in [0.15, 0.2) is 0 Å². The van der Waals surface area contributed by atoms with E-state index in [1.165, 1.54) is 42.6 Å². The molecule has 0 aliphatic heterocycles. The van der Waals surface area contributed by atoms with E-state index in [9.17, 15) is 13.2 Å². The van der Waals surface area contributed by atoms with Crippen LogP contribution in [0.5, 0.6) is 5.75 Å². The molecule has 7 nitrogen and oxygen atoms in total. The van der Waals surface area contributed by atoms with Crippen molar-refractivity contribution in [3.63, 3.8) is 0 Å². The van der Waals surface area contributed by atoms with Crippen LogP contribution < -0.4 is 14.9 Å². The van der Waals surface area contributed by atoms with Gasteiger partial charge in [-0.25, -0.2) is 13.8 Å². The van der Waals surface area contributed by atoms with Crippen LogP contribution in [0.4, 0.5) is 5.69 Å². The van der Waals surface area contributed by atoms with Gasteiger partial charge in [-0.15, -0.1) is 0 Å². The van der Waals surface area contributed by atoms with Gasteiger partial charge in [0.05, 0.1) is 27.8 Å². The van der Waals surface area contributed by atoms with Crippen LogP contribution in [0.25, 0.3) is 0 Å². The standard InChI is InChI=1S/C22H19Cl2N3O4S/c1-2-31-17-10-12-18(13-11-17)32(29,30)27-16-8-6-15(7-9-16)22(28)26-25-14-19-20(23)4-3-5-21(19)24/h3-14,27H,2H2,1H3,(H,26,28)/b25-14+. The Balaban J connectivity index is 1.64. The minimum Gasteiger partial charge on any atom is -0.494 e.